The lowest BCUT2D eigenvalue weighted by atomic mass is 9.92. The van der Waals surface area contributed by atoms with E-state index in [1.165, 1.54) is 0 Å². The SMILES string of the molecule is CSc1ccc(/C=C/CCC2CCN(C(=O)OC(C)(C)C)CC2)cc1Cl. The molecule has 0 N–H and O–H groups in total. The van der Waals surface area contributed by atoms with Crippen molar-refractivity contribution < 1.29 is 9.53 Å². The molecule has 1 amide bonds. The van der Waals surface area contributed by atoms with Crippen LogP contribution in [0.25, 0.3) is 6.08 Å². The summed E-state index contributed by atoms with van der Waals surface area (Å²) in [5.74, 6) is 0.681. The van der Waals surface area contributed by atoms with E-state index in [9.17, 15) is 4.79 Å². The van der Waals surface area contributed by atoms with Crippen molar-refractivity contribution in [3.05, 3.63) is 34.9 Å². The molecule has 5 heteroatoms. The Balaban J connectivity index is 1.72. The molecule has 0 radical (unpaired) electrons. The molecule has 2 rings (SSSR count). The van der Waals surface area contributed by atoms with Gasteiger partial charge >= 0.3 is 6.09 Å². The van der Waals surface area contributed by atoms with Crippen LogP contribution in [-0.2, 0) is 4.74 Å². The third-order valence-electron chi connectivity index (χ3n) is 4.49. The van der Waals surface area contributed by atoms with Crippen LogP contribution in [0.5, 0.6) is 0 Å². The minimum absolute atomic E-state index is 0.179. The van der Waals surface area contributed by atoms with E-state index in [4.69, 9.17) is 16.3 Å². The van der Waals surface area contributed by atoms with E-state index in [-0.39, 0.29) is 6.09 Å². The average Bonchev–Trinajstić information content (AvgIpc) is 2.58. The van der Waals surface area contributed by atoms with Gasteiger partial charge in [0.1, 0.15) is 5.60 Å². The Labute approximate surface area is 167 Å². The van der Waals surface area contributed by atoms with E-state index in [2.05, 4.69) is 24.3 Å². The zero-order chi connectivity index (χ0) is 19.2. The van der Waals surface area contributed by atoms with Crippen LogP contribution >= 0.6 is 23.4 Å². The maximum absolute atomic E-state index is 12.1. The highest BCUT2D eigenvalue weighted by Crippen LogP contribution is 2.27. The van der Waals surface area contributed by atoms with Gasteiger partial charge in [0, 0.05) is 18.0 Å². The van der Waals surface area contributed by atoms with Crippen LogP contribution in [0.4, 0.5) is 4.79 Å². The van der Waals surface area contributed by atoms with E-state index in [0.29, 0.717) is 5.92 Å². The molecule has 1 aromatic carbocycles. The highest BCUT2D eigenvalue weighted by Gasteiger charge is 2.26. The van der Waals surface area contributed by atoms with Crippen LogP contribution in [0.3, 0.4) is 0 Å². The number of hydrogen-bond acceptors (Lipinski definition) is 3. The second kappa shape index (κ2) is 9.70. The Morgan fingerprint density at radius 3 is 2.62 bits per heavy atom. The number of rotatable bonds is 5. The number of nitrogens with zero attached hydrogens (tertiary/aromatic N) is 1. The predicted octanol–water partition coefficient (Wildman–Crippen LogP) is 6.50. The van der Waals surface area contributed by atoms with E-state index in [1.807, 2.05) is 38.0 Å². The highest BCUT2D eigenvalue weighted by atomic mass is 35.5. The molecule has 1 fully saturated rings. The second-order valence-corrected chi connectivity index (χ2v) is 9.04. The van der Waals surface area contributed by atoms with Gasteiger partial charge in [-0.05, 0) is 76.3 Å². The molecule has 0 saturated carbocycles. The minimum Gasteiger partial charge on any atom is -0.444 e. The summed E-state index contributed by atoms with van der Waals surface area (Å²) in [7, 11) is 0. The molecule has 0 bridgehead atoms. The standard InChI is InChI=1S/C21H30ClNO2S/c1-21(2,3)25-20(24)23-13-11-16(12-14-23)7-5-6-8-17-9-10-19(26-4)18(22)15-17/h6,8-10,15-16H,5,7,11-14H2,1-4H3/b8-6+. The molecule has 1 aliphatic heterocycles. The van der Waals surface area contributed by atoms with Crippen molar-refractivity contribution in [2.24, 2.45) is 5.92 Å². The summed E-state index contributed by atoms with van der Waals surface area (Å²) in [6, 6.07) is 6.19. The first-order chi connectivity index (χ1) is 12.3. The fourth-order valence-electron chi connectivity index (χ4n) is 3.07. The van der Waals surface area contributed by atoms with E-state index < -0.39 is 5.60 Å². The fourth-order valence-corrected chi connectivity index (χ4v) is 3.95. The summed E-state index contributed by atoms with van der Waals surface area (Å²) in [4.78, 5) is 15.0. The van der Waals surface area contributed by atoms with Gasteiger partial charge in [0.15, 0.2) is 0 Å². The van der Waals surface area contributed by atoms with Crippen molar-refractivity contribution in [1.29, 1.82) is 0 Å². The molecular formula is C21H30ClNO2S. The molecular weight excluding hydrogens is 366 g/mol. The summed E-state index contributed by atoms with van der Waals surface area (Å²) in [6.07, 6.45) is 10.6. The zero-order valence-electron chi connectivity index (χ0n) is 16.3. The number of likely N-dealkylation sites (tertiary alicyclic amines) is 1. The Kier molecular flexibility index (Phi) is 7.90. The number of amides is 1. The van der Waals surface area contributed by atoms with Crippen molar-refractivity contribution in [3.63, 3.8) is 0 Å². The average molecular weight is 396 g/mol. The maximum atomic E-state index is 12.1. The van der Waals surface area contributed by atoms with Gasteiger partial charge < -0.3 is 9.64 Å². The molecule has 144 valence electrons. The zero-order valence-corrected chi connectivity index (χ0v) is 17.8. The molecule has 3 nitrogen and oxygen atoms in total. The van der Waals surface area contributed by atoms with Crippen LogP contribution in [0.2, 0.25) is 5.02 Å². The number of hydrogen-bond donors (Lipinski definition) is 0. The molecule has 0 atom stereocenters. The van der Waals surface area contributed by atoms with Crippen molar-refractivity contribution in [2.75, 3.05) is 19.3 Å². The van der Waals surface area contributed by atoms with Crippen LogP contribution < -0.4 is 0 Å². The first-order valence-corrected chi connectivity index (χ1v) is 10.9. The normalized spacial score (nSPS) is 16.3. The predicted molar refractivity (Wildman–Crippen MR) is 112 cm³/mol. The van der Waals surface area contributed by atoms with Gasteiger partial charge in [0.2, 0.25) is 0 Å². The Morgan fingerprint density at radius 2 is 2.04 bits per heavy atom. The summed E-state index contributed by atoms with van der Waals surface area (Å²) >= 11 is 7.91. The van der Waals surface area contributed by atoms with E-state index in [0.717, 1.165) is 54.3 Å². The van der Waals surface area contributed by atoms with Gasteiger partial charge in [-0.1, -0.05) is 29.8 Å². The summed E-state index contributed by atoms with van der Waals surface area (Å²) in [6.45, 7) is 7.33. The lowest BCUT2D eigenvalue weighted by Crippen LogP contribution is -2.41. The van der Waals surface area contributed by atoms with E-state index >= 15 is 0 Å². The number of carbonyl (C=O) groups excluding carboxylic acids is 1. The largest absolute Gasteiger partial charge is 0.444 e. The first kappa shape index (κ1) is 21.2. The van der Waals surface area contributed by atoms with Crippen molar-refractivity contribution >= 4 is 35.5 Å². The molecule has 1 saturated heterocycles. The fraction of sp³-hybridized carbons (Fsp3) is 0.571. The maximum Gasteiger partial charge on any atom is 0.410 e. The summed E-state index contributed by atoms with van der Waals surface area (Å²) in [5.41, 5.74) is 0.725. The first-order valence-electron chi connectivity index (χ1n) is 9.26. The molecule has 0 spiro atoms. The molecule has 0 aliphatic carbocycles. The third-order valence-corrected chi connectivity index (χ3v) is 5.71. The topological polar surface area (TPSA) is 29.5 Å². The highest BCUT2D eigenvalue weighted by molar-refractivity contribution is 7.98. The van der Waals surface area contributed by atoms with E-state index in [1.54, 1.807) is 11.8 Å². The number of halogens is 1. The van der Waals surface area contributed by atoms with Gasteiger partial charge in [-0.15, -0.1) is 11.8 Å². The van der Waals surface area contributed by atoms with Gasteiger partial charge in [0.05, 0.1) is 5.02 Å². The molecule has 1 heterocycles. The Morgan fingerprint density at radius 1 is 1.35 bits per heavy atom. The van der Waals surface area contributed by atoms with Crippen molar-refractivity contribution in [1.82, 2.24) is 4.90 Å². The lowest BCUT2D eigenvalue weighted by Gasteiger charge is -2.33. The number of thioether (sulfide) groups is 1. The number of benzene rings is 1. The monoisotopic (exact) mass is 395 g/mol. The molecule has 0 aromatic heterocycles. The van der Waals surface area contributed by atoms with Gasteiger partial charge in [-0.3, -0.25) is 0 Å². The summed E-state index contributed by atoms with van der Waals surface area (Å²) in [5, 5.41) is 0.814. The van der Waals surface area contributed by atoms with Crippen LogP contribution in [0, 0.1) is 5.92 Å². The molecule has 1 aromatic rings. The number of piperidine rings is 1. The minimum atomic E-state index is -0.421. The van der Waals surface area contributed by atoms with Gasteiger partial charge in [-0.2, -0.15) is 0 Å². The molecule has 1 aliphatic rings. The van der Waals surface area contributed by atoms with Gasteiger partial charge in [-0.25, -0.2) is 4.79 Å². The smallest absolute Gasteiger partial charge is 0.410 e. The third kappa shape index (κ3) is 6.88. The Bertz CT molecular complexity index is 631. The lowest BCUT2D eigenvalue weighted by molar-refractivity contribution is 0.0181. The van der Waals surface area contributed by atoms with Crippen LogP contribution in [0.15, 0.2) is 29.2 Å². The van der Waals surface area contributed by atoms with Crippen LogP contribution in [-0.4, -0.2) is 35.9 Å². The number of carbonyl (C=O) groups is 1. The molecule has 26 heavy (non-hydrogen) atoms. The summed E-state index contributed by atoms with van der Waals surface area (Å²) < 4.78 is 5.45. The van der Waals surface area contributed by atoms with Crippen molar-refractivity contribution in [3.8, 4) is 0 Å². The Hall–Kier alpha value is -1.13. The quantitative estimate of drug-likeness (QED) is 0.532. The number of allylic oxidation sites excluding steroid dienone is 1. The molecule has 0 unspecified atom stereocenters. The second-order valence-electron chi connectivity index (χ2n) is 7.78. The van der Waals surface area contributed by atoms with Crippen LogP contribution in [0.1, 0.15) is 52.0 Å². The van der Waals surface area contributed by atoms with Crippen molar-refractivity contribution in [2.45, 2.75) is 57.0 Å². The van der Waals surface area contributed by atoms with Gasteiger partial charge in [0.25, 0.3) is 0 Å². The number of ether oxygens (including phenoxy) is 1.